The molecule has 0 unspecified atom stereocenters. The fraction of sp³-hybridized carbons (Fsp3) is 0. The van der Waals surface area contributed by atoms with E-state index in [1.807, 2.05) is 0 Å². The highest BCUT2D eigenvalue weighted by Gasteiger charge is 2.21. The maximum Gasteiger partial charge on any atom is 0.138 e. The molecule has 468 valence electrons. The minimum absolute atomic E-state index is 0.902. The molecule has 0 bridgehead atoms. The van der Waals surface area contributed by atoms with Crippen LogP contribution in [0.15, 0.2) is 382 Å². The van der Waals surface area contributed by atoms with Gasteiger partial charge in [0, 0.05) is 65.7 Å². The number of rotatable bonds is 10. The molecule has 5 aromatic heterocycles. The highest BCUT2D eigenvalue weighted by molar-refractivity contribution is 6.15. The van der Waals surface area contributed by atoms with Crippen LogP contribution in [0.4, 0.5) is 0 Å². The SMILES string of the molecule is c1ccc(-c2cc(-c3ccccc3)nc(-n3c4ccccc4c4cc(-c5ccc6c(c5)c5ccccc5n6-c5ccccc5)ccc43)c2)cc1.c1ccc(-c2ccc(-n3c4ccccc4c4cc(-c5ccc6c(c5)c5ccccc5n6-c5ccc(-c6ccccc6)cc5)ccc43)cc2)cc1. The van der Waals surface area contributed by atoms with Crippen molar-refractivity contribution in [1.82, 2.24) is 23.3 Å². The number of aromatic nitrogens is 5. The molecule has 0 aliphatic rings. The van der Waals surface area contributed by atoms with Crippen molar-refractivity contribution in [3.63, 3.8) is 0 Å². The Kier molecular flexibility index (Phi) is 14.2. The van der Waals surface area contributed by atoms with Crippen molar-refractivity contribution in [2.45, 2.75) is 0 Å². The minimum Gasteiger partial charge on any atom is -0.309 e. The van der Waals surface area contributed by atoms with Gasteiger partial charge in [-0.15, -0.1) is 0 Å². The Morgan fingerprint density at radius 1 is 0.150 bits per heavy atom. The number of fused-ring (bicyclic) bond motifs is 12. The highest BCUT2D eigenvalue weighted by Crippen LogP contribution is 2.42. The summed E-state index contributed by atoms with van der Waals surface area (Å²) in [6.45, 7) is 0. The van der Waals surface area contributed by atoms with Crippen LogP contribution < -0.4 is 0 Å². The summed E-state index contributed by atoms with van der Waals surface area (Å²) in [7, 11) is 0. The summed E-state index contributed by atoms with van der Waals surface area (Å²) >= 11 is 0. The first kappa shape index (κ1) is 58.0. The first-order valence-corrected chi connectivity index (χ1v) is 34.2. The van der Waals surface area contributed by atoms with Crippen molar-refractivity contribution in [3.8, 4) is 89.8 Å². The van der Waals surface area contributed by atoms with Gasteiger partial charge in [0.05, 0.1) is 49.8 Å². The van der Waals surface area contributed by atoms with Crippen molar-refractivity contribution < 1.29 is 0 Å². The van der Waals surface area contributed by atoms with Crippen molar-refractivity contribution in [2.24, 2.45) is 0 Å². The summed E-state index contributed by atoms with van der Waals surface area (Å²) in [5.74, 6) is 0.902. The van der Waals surface area contributed by atoms with Gasteiger partial charge in [-0.05, 0) is 177 Å². The van der Waals surface area contributed by atoms with Gasteiger partial charge in [0.1, 0.15) is 5.82 Å². The fourth-order valence-corrected chi connectivity index (χ4v) is 15.3. The quantitative estimate of drug-likeness (QED) is 0.134. The second kappa shape index (κ2) is 24.4. The van der Waals surface area contributed by atoms with Crippen molar-refractivity contribution >= 4 is 87.2 Å². The standard InChI is InChI=1S/C48H32N2.C47H31N3/c1-3-11-33(12-4-1)35-19-25-39(26-20-35)49-45-17-9-7-15-41(45)43-31-37(23-29-47(43)49)38-24-30-48-44(32-38)42-16-8-10-18-46(42)50(48)40-27-21-36(22-28-40)34-13-5-2-6-14-34;1-4-14-32(15-5-1)36-30-42(33-16-6-2-7-17-33)48-47(31-36)50-44-23-13-11-21-39(44)41-29-35(25-27-46(41)50)34-24-26-45-40(28-34)38-20-10-12-22-43(38)49(45)37-18-8-3-9-19-37/h1-32H;1-31H. The maximum atomic E-state index is 5.30. The average Bonchev–Trinajstić information content (AvgIpc) is 1.60. The summed E-state index contributed by atoms with van der Waals surface area (Å²) in [6, 6.07) is 138. The number of nitrogens with zero attached hydrogens (tertiary/aromatic N) is 5. The molecular weight excluding hydrogens is 1210 g/mol. The first-order valence-electron chi connectivity index (χ1n) is 34.2. The molecule has 15 aromatic carbocycles. The average molecular weight is 1270 g/mol. The van der Waals surface area contributed by atoms with Crippen LogP contribution in [0.3, 0.4) is 0 Å². The van der Waals surface area contributed by atoms with Gasteiger partial charge in [-0.25, -0.2) is 4.98 Å². The van der Waals surface area contributed by atoms with Gasteiger partial charge in [-0.1, -0.05) is 261 Å². The van der Waals surface area contributed by atoms with Gasteiger partial charge >= 0.3 is 0 Å². The molecule has 0 saturated heterocycles. The monoisotopic (exact) mass is 1270 g/mol. The lowest BCUT2D eigenvalue weighted by Crippen LogP contribution is -2.00. The maximum absolute atomic E-state index is 5.30. The van der Waals surface area contributed by atoms with Crippen LogP contribution in [0.5, 0.6) is 0 Å². The molecule has 0 spiro atoms. The first-order chi connectivity index (χ1) is 49.6. The molecule has 0 fully saturated rings. The third-order valence-corrected chi connectivity index (χ3v) is 20.1. The van der Waals surface area contributed by atoms with Gasteiger partial charge in [0.2, 0.25) is 0 Å². The minimum atomic E-state index is 0.902. The Labute approximate surface area is 578 Å². The number of hydrogen-bond donors (Lipinski definition) is 0. The number of benzene rings is 15. The van der Waals surface area contributed by atoms with E-state index in [1.54, 1.807) is 0 Å². The lowest BCUT2D eigenvalue weighted by atomic mass is 10.0. The molecule has 0 aliphatic heterocycles. The van der Waals surface area contributed by atoms with Gasteiger partial charge in [0.25, 0.3) is 0 Å². The van der Waals surface area contributed by atoms with Crippen LogP contribution >= 0.6 is 0 Å². The van der Waals surface area contributed by atoms with E-state index >= 15 is 0 Å². The number of hydrogen-bond acceptors (Lipinski definition) is 1. The molecule has 20 aromatic rings. The van der Waals surface area contributed by atoms with Crippen molar-refractivity contribution in [1.29, 1.82) is 0 Å². The van der Waals surface area contributed by atoms with Gasteiger partial charge < -0.3 is 13.7 Å². The normalized spacial score (nSPS) is 11.6. The van der Waals surface area contributed by atoms with Gasteiger partial charge in [-0.3, -0.25) is 4.57 Å². The predicted molar refractivity (Wildman–Crippen MR) is 421 cm³/mol. The molecule has 0 atom stereocenters. The Morgan fingerprint density at radius 2 is 0.400 bits per heavy atom. The van der Waals surface area contributed by atoms with Crippen LogP contribution in [0, 0.1) is 0 Å². The zero-order valence-electron chi connectivity index (χ0n) is 54.6. The number of pyridine rings is 1. The molecule has 20 rings (SSSR count). The summed E-state index contributed by atoms with van der Waals surface area (Å²) < 4.78 is 9.47. The Hall–Kier alpha value is -13.4. The van der Waals surface area contributed by atoms with Crippen LogP contribution in [0.25, 0.3) is 177 Å². The third-order valence-electron chi connectivity index (χ3n) is 20.1. The molecule has 0 aliphatic carbocycles. The lowest BCUT2D eigenvalue weighted by Gasteiger charge is -2.13. The molecule has 0 N–H and O–H groups in total. The van der Waals surface area contributed by atoms with E-state index in [9.17, 15) is 0 Å². The smallest absolute Gasteiger partial charge is 0.138 e. The molecule has 0 amide bonds. The van der Waals surface area contributed by atoms with E-state index in [2.05, 4.69) is 400 Å². The van der Waals surface area contributed by atoms with Crippen molar-refractivity contribution in [2.75, 3.05) is 0 Å². The molecule has 5 heteroatoms. The molecule has 5 heterocycles. The fourth-order valence-electron chi connectivity index (χ4n) is 15.3. The van der Waals surface area contributed by atoms with Gasteiger partial charge in [0.15, 0.2) is 0 Å². The lowest BCUT2D eigenvalue weighted by molar-refractivity contribution is 1.08. The third kappa shape index (κ3) is 10.1. The zero-order chi connectivity index (χ0) is 66.0. The topological polar surface area (TPSA) is 32.6 Å². The molecule has 0 radical (unpaired) electrons. The summed E-state index contributed by atoms with van der Waals surface area (Å²) in [4.78, 5) is 5.30. The van der Waals surface area contributed by atoms with E-state index in [0.717, 1.165) is 45.0 Å². The second-order valence-corrected chi connectivity index (χ2v) is 25.8. The predicted octanol–water partition coefficient (Wildman–Crippen LogP) is 25.2. The van der Waals surface area contributed by atoms with Crippen LogP contribution in [-0.2, 0) is 0 Å². The summed E-state index contributed by atoms with van der Waals surface area (Å²) in [5.41, 5.74) is 27.1. The Balaban J connectivity index is 0.000000139. The second-order valence-electron chi connectivity index (χ2n) is 25.8. The molecular formula is C95H63N5. The van der Waals surface area contributed by atoms with Crippen LogP contribution in [0.2, 0.25) is 0 Å². The molecule has 0 saturated carbocycles. The largest absolute Gasteiger partial charge is 0.309 e. The molecule has 5 nitrogen and oxygen atoms in total. The highest BCUT2D eigenvalue weighted by atomic mass is 15.1. The van der Waals surface area contributed by atoms with E-state index < -0.39 is 0 Å². The van der Waals surface area contributed by atoms with Gasteiger partial charge in [-0.2, -0.15) is 0 Å². The number of para-hydroxylation sites is 5. The Morgan fingerprint density at radius 3 is 0.760 bits per heavy atom. The van der Waals surface area contributed by atoms with Crippen LogP contribution in [0.1, 0.15) is 0 Å². The van der Waals surface area contributed by atoms with E-state index in [1.165, 1.54) is 132 Å². The van der Waals surface area contributed by atoms with Crippen LogP contribution in [-0.4, -0.2) is 23.3 Å². The van der Waals surface area contributed by atoms with Crippen molar-refractivity contribution in [3.05, 3.63) is 382 Å². The van der Waals surface area contributed by atoms with E-state index in [4.69, 9.17) is 4.98 Å². The molecule has 100 heavy (non-hydrogen) atoms. The summed E-state index contributed by atoms with van der Waals surface area (Å²) in [5, 5.41) is 9.94. The Bertz CT molecular complexity index is 6210. The van der Waals surface area contributed by atoms with E-state index in [-0.39, 0.29) is 0 Å². The summed E-state index contributed by atoms with van der Waals surface area (Å²) in [6.07, 6.45) is 0. The van der Waals surface area contributed by atoms with E-state index in [0.29, 0.717) is 0 Å². The zero-order valence-corrected chi connectivity index (χ0v) is 54.6.